The largest absolute Gasteiger partial charge is 0.491 e. The zero-order valence-corrected chi connectivity index (χ0v) is 27.6. The Morgan fingerprint density at radius 3 is 2.31 bits per heavy atom. The molecule has 8 rings (SSSR count). The second-order valence-corrected chi connectivity index (χ2v) is 14.3. The maximum atomic E-state index is 15.2. The molecule has 4 aromatic rings. The number of hydrogen-bond donors (Lipinski definition) is 1. The van der Waals surface area contributed by atoms with Crippen LogP contribution in [-0.2, 0) is 31.1 Å². The maximum absolute atomic E-state index is 15.2. The highest BCUT2D eigenvalue weighted by molar-refractivity contribution is 7.09. The van der Waals surface area contributed by atoms with Crippen molar-refractivity contribution in [3.8, 4) is 5.75 Å². The monoisotopic (exact) mass is 669 g/mol. The van der Waals surface area contributed by atoms with Gasteiger partial charge in [-0.1, -0.05) is 96.6 Å². The number of benzene rings is 3. The van der Waals surface area contributed by atoms with Crippen LogP contribution in [0, 0.1) is 23.7 Å². The van der Waals surface area contributed by atoms with E-state index in [1.165, 1.54) is 22.3 Å². The molecule has 1 saturated carbocycles. The van der Waals surface area contributed by atoms with Crippen molar-refractivity contribution in [2.45, 2.75) is 30.7 Å². The molecule has 6 unspecified atom stereocenters. The Bertz CT molecular complexity index is 2000. The molecule has 1 aromatic heterocycles. The average Bonchev–Trinajstić information content (AvgIpc) is 3.75. The SMILES string of the molecule is O=C1C(c2ccccc2)=CC(=O)C2(c3ccccc3)C1CC1C(=CCC3C(=O)N(Cc4cccs4)C(=O)C31)C2c1ccccc1OCCO. The number of imide groups is 1. The first-order chi connectivity index (χ1) is 23.9. The highest BCUT2D eigenvalue weighted by atomic mass is 32.1. The van der Waals surface area contributed by atoms with Crippen LogP contribution < -0.4 is 4.74 Å². The lowest BCUT2D eigenvalue weighted by atomic mass is 9.44. The molecule has 2 fully saturated rings. The molecule has 2 heterocycles. The molecule has 1 N–H and O–H groups in total. The predicted molar refractivity (Wildman–Crippen MR) is 185 cm³/mol. The number of carbonyl (C=O) groups excluding carboxylic acids is 4. The first-order valence-corrected chi connectivity index (χ1v) is 17.6. The van der Waals surface area contributed by atoms with E-state index in [2.05, 4.69) is 6.08 Å². The summed E-state index contributed by atoms with van der Waals surface area (Å²) in [5, 5.41) is 11.6. The fourth-order valence-corrected chi connectivity index (χ4v) is 9.70. The van der Waals surface area contributed by atoms with Gasteiger partial charge < -0.3 is 9.84 Å². The first-order valence-electron chi connectivity index (χ1n) is 16.8. The molecule has 246 valence electrons. The summed E-state index contributed by atoms with van der Waals surface area (Å²) in [6.07, 6.45) is 4.19. The molecule has 4 aliphatic rings. The van der Waals surface area contributed by atoms with E-state index in [4.69, 9.17) is 4.74 Å². The number of nitrogens with zero attached hydrogens (tertiary/aromatic N) is 1. The van der Waals surface area contributed by atoms with Crippen LogP contribution in [0.3, 0.4) is 0 Å². The van der Waals surface area contributed by atoms with Gasteiger partial charge in [0.1, 0.15) is 12.4 Å². The molecule has 7 nitrogen and oxygen atoms in total. The van der Waals surface area contributed by atoms with E-state index in [0.29, 0.717) is 28.9 Å². The van der Waals surface area contributed by atoms with E-state index in [0.717, 1.165) is 16.0 Å². The first kappa shape index (κ1) is 31.4. The Kier molecular flexibility index (Phi) is 8.01. The standard InChI is InChI=1S/C41H35NO6S/c43-19-20-48-34-16-8-7-15-29(34)37-28-17-18-30-36(40(47)42(39(30)46)24-27-14-9-21-49-27)32(28)22-33-38(45)31(25-10-3-1-4-11-25)23-35(44)41(33,37)26-12-5-2-6-13-26/h1-17,21,23,30,32-33,36-37,43H,18-20,22,24H2. The number of aliphatic hydroxyl groups excluding tert-OH is 1. The topological polar surface area (TPSA) is 101 Å². The molecule has 0 spiro atoms. The van der Waals surface area contributed by atoms with Crippen molar-refractivity contribution in [2.24, 2.45) is 23.7 Å². The van der Waals surface area contributed by atoms with Crippen LogP contribution in [0.2, 0.25) is 0 Å². The van der Waals surface area contributed by atoms with Gasteiger partial charge in [-0.3, -0.25) is 24.1 Å². The molecule has 2 amide bonds. The zero-order valence-electron chi connectivity index (χ0n) is 26.7. The lowest BCUT2D eigenvalue weighted by molar-refractivity contribution is -0.141. The minimum Gasteiger partial charge on any atom is -0.491 e. The number of fused-ring (bicyclic) bond motifs is 4. The predicted octanol–water partition coefficient (Wildman–Crippen LogP) is 6.14. The molecule has 3 aliphatic carbocycles. The van der Waals surface area contributed by atoms with E-state index in [9.17, 15) is 14.7 Å². The molecule has 8 heteroatoms. The Hall–Kier alpha value is -4.92. The summed E-state index contributed by atoms with van der Waals surface area (Å²) >= 11 is 1.51. The van der Waals surface area contributed by atoms with Gasteiger partial charge in [-0.2, -0.15) is 0 Å². The Labute approximate surface area is 288 Å². The van der Waals surface area contributed by atoms with Gasteiger partial charge in [0.15, 0.2) is 11.6 Å². The molecular weight excluding hydrogens is 635 g/mol. The van der Waals surface area contributed by atoms with Crippen molar-refractivity contribution in [3.63, 3.8) is 0 Å². The summed E-state index contributed by atoms with van der Waals surface area (Å²) in [6, 6.07) is 30.1. The Morgan fingerprint density at radius 1 is 0.837 bits per heavy atom. The van der Waals surface area contributed by atoms with Crippen LogP contribution in [0.25, 0.3) is 5.57 Å². The van der Waals surface area contributed by atoms with Crippen molar-refractivity contribution in [1.82, 2.24) is 4.90 Å². The van der Waals surface area contributed by atoms with E-state index < -0.39 is 35.0 Å². The summed E-state index contributed by atoms with van der Waals surface area (Å²) in [7, 11) is 0. The number of ketones is 2. The van der Waals surface area contributed by atoms with Crippen LogP contribution in [-0.4, -0.2) is 46.6 Å². The summed E-state index contributed by atoms with van der Waals surface area (Å²) in [6.45, 7) is 0.0768. The molecule has 3 aromatic carbocycles. The van der Waals surface area contributed by atoms with Gasteiger partial charge in [-0.15, -0.1) is 11.3 Å². The number of thiophene rings is 1. The molecule has 1 aliphatic heterocycles. The summed E-state index contributed by atoms with van der Waals surface area (Å²) in [4.78, 5) is 60.8. The van der Waals surface area contributed by atoms with Gasteiger partial charge in [-0.25, -0.2) is 0 Å². The van der Waals surface area contributed by atoms with Crippen LogP contribution >= 0.6 is 11.3 Å². The third-order valence-corrected chi connectivity index (χ3v) is 11.8. The number of aliphatic hydroxyl groups is 1. The number of para-hydroxylation sites is 1. The lowest BCUT2D eigenvalue weighted by Gasteiger charge is -2.55. The van der Waals surface area contributed by atoms with Crippen molar-refractivity contribution in [3.05, 3.63) is 142 Å². The van der Waals surface area contributed by atoms with Crippen LogP contribution in [0.4, 0.5) is 0 Å². The van der Waals surface area contributed by atoms with E-state index in [1.807, 2.05) is 102 Å². The molecular formula is C41H35NO6S. The number of rotatable bonds is 8. The van der Waals surface area contributed by atoms with Gasteiger partial charge in [-0.05, 0) is 53.5 Å². The van der Waals surface area contributed by atoms with E-state index in [1.54, 1.807) is 0 Å². The van der Waals surface area contributed by atoms with Gasteiger partial charge in [0, 0.05) is 27.8 Å². The molecule has 0 radical (unpaired) electrons. The summed E-state index contributed by atoms with van der Waals surface area (Å²) in [5.41, 5.74) is 2.01. The fourth-order valence-electron chi connectivity index (χ4n) is 9.00. The molecule has 6 atom stereocenters. The molecule has 49 heavy (non-hydrogen) atoms. The minimum absolute atomic E-state index is 0.0499. The summed E-state index contributed by atoms with van der Waals surface area (Å²) < 4.78 is 6.12. The second kappa shape index (κ2) is 12.5. The number of hydrogen-bond acceptors (Lipinski definition) is 7. The van der Waals surface area contributed by atoms with Gasteiger partial charge >= 0.3 is 0 Å². The number of amides is 2. The second-order valence-electron chi connectivity index (χ2n) is 13.2. The average molecular weight is 670 g/mol. The minimum atomic E-state index is -1.34. The highest BCUT2D eigenvalue weighted by Gasteiger charge is 2.66. The smallest absolute Gasteiger partial charge is 0.234 e. The third-order valence-electron chi connectivity index (χ3n) is 10.9. The fraction of sp³-hybridized carbons (Fsp3) is 0.268. The van der Waals surface area contributed by atoms with Gasteiger partial charge in [0.05, 0.1) is 30.4 Å². The van der Waals surface area contributed by atoms with E-state index in [-0.39, 0.29) is 49.6 Å². The number of allylic oxidation sites excluding steroid dienone is 4. The highest BCUT2D eigenvalue weighted by Crippen LogP contribution is 2.64. The lowest BCUT2D eigenvalue weighted by Crippen LogP contribution is -2.58. The van der Waals surface area contributed by atoms with Crippen LogP contribution in [0.1, 0.15) is 40.3 Å². The third kappa shape index (κ3) is 4.88. The Morgan fingerprint density at radius 2 is 1.57 bits per heavy atom. The van der Waals surface area contributed by atoms with Crippen molar-refractivity contribution in [2.75, 3.05) is 13.2 Å². The van der Waals surface area contributed by atoms with Crippen LogP contribution in [0.15, 0.2) is 120 Å². The van der Waals surface area contributed by atoms with Gasteiger partial charge in [0.25, 0.3) is 0 Å². The number of carbonyl (C=O) groups is 4. The normalized spacial score (nSPS) is 27.6. The Balaban J connectivity index is 1.35. The number of Topliss-reactive ketones (excluding diaryl/α,β-unsaturated/α-hetero) is 1. The molecule has 1 saturated heterocycles. The van der Waals surface area contributed by atoms with Crippen molar-refractivity contribution < 1.29 is 29.0 Å². The maximum Gasteiger partial charge on any atom is 0.234 e. The number of likely N-dealkylation sites (tertiary alicyclic amines) is 1. The van der Waals surface area contributed by atoms with Gasteiger partial charge in [0.2, 0.25) is 11.8 Å². The van der Waals surface area contributed by atoms with E-state index >= 15 is 9.59 Å². The molecule has 0 bridgehead atoms. The van der Waals surface area contributed by atoms with Crippen molar-refractivity contribution in [1.29, 1.82) is 0 Å². The van der Waals surface area contributed by atoms with Crippen LogP contribution in [0.5, 0.6) is 5.75 Å². The zero-order chi connectivity index (χ0) is 33.7. The number of ether oxygens (including phenoxy) is 1. The summed E-state index contributed by atoms with van der Waals surface area (Å²) in [5.74, 6) is -3.36. The quantitative estimate of drug-likeness (QED) is 0.179. The van der Waals surface area contributed by atoms with Crippen molar-refractivity contribution >= 4 is 40.3 Å².